The van der Waals surface area contributed by atoms with E-state index in [1.54, 1.807) is 6.20 Å². The van der Waals surface area contributed by atoms with Crippen molar-refractivity contribution in [2.75, 3.05) is 18.4 Å². The van der Waals surface area contributed by atoms with E-state index in [1.165, 1.54) is 25.7 Å². The summed E-state index contributed by atoms with van der Waals surface area (Å²) in [6.45, 7) is 3.27. The van der Waals surface area contributed by atoms with Crippen molar-refractivity contribution in [1.82, 2.24) is 15.2 Å². The maximum Gasteiger partial charge on any atom is 0.317 e. The number of aromatic nitrogens is 1. The summed E-state index contributed by atoms with van der Waals surface area (Å²) in [6.07, 6.45) is 8.17. The Morgan fingerprint density at radius 3 is 2.35 bits per heavy atom. The topological polar surface area (TPSA) is 74.3 Å². The molecule has 0 aromatic carbocycles. The number of carbonyl (C=O) groups is 2. The number of aryl methyl sites for hydroxylation is 1. The van der Waals surface area contributed by atoms with Crippen LogP contribution in [-0.4, -0.2) is 41.0 Å². The molecule has 2 aliphatic carbocycles. The van der Waals surface area contributed by atoms with Crippen LogP contribution in [0.2, 0.25) is 0 Å². The standard InChI is InChI=1S/C20H28N4O2/c1-13-6-9-21-17(12-13)22-19(25)16-7-10-24(11-8-16)20(26)23-18(14-2-3-14)15-4-5-15/h6,9,12,14-16,18H,2-5,7-8,10-11H2,1H3,(H,23,26)(H,21,22,25). The van der Waals surface area contributed by atoms with Gasteiger partial charge in [-0.05, 0) is 75.0 Å². The number of nitrogens with one attached hydrogen (secondary N) is 2. The van der Waals surface area contributed by atoms with E-state index < -0.39 is 0 Å². The zero-order chi connectivity index (χ0) is 18.1. The number of hydrogen-bond acceptors (Lipinski definition) is 3. The summed E-state index contributed by atoms with van der Waals surface area (Å²) in [7, 11) is 0. The fourth-order valence-corrected chi connectivity index (χ4v) is 3.94. The number of carbonyl (C=O) groups excluding carboxylic acids is 2. The molecule has 3 aliphatic rings. The lowest BCUT2D eigenvalue weighted by atomic mass is 9.96. The smallest absolute Gasteiger partial charge is 0.317 e. The van der Waals surface area contributed by atoms with Gasteiger partial charge >= 0.3 is 6.03 Å². The van der Waals surface area contributed by atoms with Crippen LogP contribution in [-0.2, 0) is 4.79 Å². The maximum absolute atomic E-state index is 12.6. The number of rotatable bonds is 5. The van der Waals surface area contributed by atoms with Crippen LogP contribution in [0.4, 0.5) is 10.6 Å². The van der Waals surface area contributed by atoms with E-state index in [1.807, 2.05) is 24.0 Å². The van der Waals surface area contributed by atoms with Crippen LogP contribution in [0.1, 0.15) is 44.1 Å². The molecule has 140 valence electrons. The van der Waals surface area contributed by atoms with Gasteiger partial charge in [0.15, 0.2) is 0 Å². The van der Waals surface area contributed by atoms with Crippen molar-refractivity contribution in [2.24, 2.45) is 17.8 Å². The Labute approximate surface area is 154 Å². The zero-order valence-electron chi connectivity index (χ0n) is 15.4. The van der Waals surface area contributed by atoms with Crippen LogP contribution < -0.4 is 10.6 Å². The van der Waals surface area contributed by atoms with Gasteiger partial charge in [-0.3, -0.25) is 4.79 Å². The van der Waals surface area contributed by atoms with Crippen LogP contribution in [0.3, 0.4) is 0 Å². The molecule has 0 radical (unpaired) electrons. The van der Waals surface area contributed by atoms with Crippen molar-refractivity contribution < 1.29 is 9.59 Å². The highest BCUT2D eigenvalue weighted by Crippen LogP contribution is 2.44. The number of amides is 3. The summed E-state index contributed by atoms with van der Waals surface area (Å²) in [4.78, 5) is 31.1. The second-order valence-corrected chi connectivity index (χ2v) is 8.12. The van der Waals surface area contributed by atoms with E-state index in [2.05, 4.69) is 15.6 Å². The quantitative estimate of drug-likeness (QED) is 0.852. The summed E-state index contributed by atoms with van der Waals surface area (Å²) in [5.74, 6) is 1.97. The maximum atomic E-state index is 12.6. The van der Waals surface area contributed by atoms with E-state index in [0.29, 0.717) is 49.6 Å². The largest absolute Gasteiger partial charge is 0.335 e. The van der Waals surface area contributed by atoms with Gasteiger partial charge < -0.3 is 15.5 Å². The van der Waals surface area contributed by atoms with Gasteiger partial charge in [0, 0.05) is 31.2 Å². The molecule has 1 aromatic rings. The molecule has 3 amide bonds. The molecule has 6 heteroatoms. The predicted molar refractivity (Wildman–Crippen MR) is 99.7 cm³/mol. The van der Waals surface area contributed by atoms with Crippen molar-refractivity contribution in [3.63, 3.8) is 0 Å². The number of nitrogens with zero attached hydrogens (tertiary/aromatic N) is 2. The molecule has 3 fully saturated rings. The highest BCUT2D eigenvalue weighted by molar-refractivity contribution is 5.92. The van der Waals surface area contributed by atoms with Crippen molar-refractivity contribution >= 4 is 17.8 Å². The number of likely N-dealkylation sites (tertiary alicyclic amines) is 1. The number of hydrogen-bond donors (Lipinski definition) is 2. The SMILES string of the molecule is Cc1ccnc(NC(=O)C2CCN(C(=O)NC(C3CC3)C3CC3)CC2)c1. The van der Waals surface area contributed by atoms with E-state index in [-0.39, 0.29) is 17.9 Å². The molecule has 2 N–H and O–H groups in total. The Morgan fingerprint density at radius 1 is 1.12 bits per heavy atom. The molecule has 0 bridgehead atoms. The molecule has 4 rings (SSSR count). The fraction of sp³-hybridized carbons (Fsp3) is 0.650. The van der Waals surface area contributed by atoms with Crippen molar-refractivity contribution in [2.45, 2.75) is 51.5 Å². The molecule has 2 heterocycles. The predicted octanol–water partition coefficient (Wildman–Crippen LogP) is 2.94. The first-order chi connectivity index (χ1) is 12.6. The third-order valence-corrected chi connectivity index (χ3v) is 5.87. The highest BCUT2D eigenvalue weighted by atomic mass is 16.2. The molecule has 26 heavy (non-hydrogen) atoms. The second kappa shape index (κ2) is 7.25. The van der Waals surface area contributed by atoms with Gasteiger partial charge in [-0.25, -0.2) is 9.78 Å². The van der Waals surface area contributed by atoms with Crippen molar-refractivity contribution in [1.29, 1.82) is 0 Å². The van der Waals surface area contributed by atoms with Gasteiger partial charge in [0.05, 0.1) is 0 Å². The average Bonchev–Trinajstić information content (AvgIpc) is 3.53. The molecule has 1 aliphatic heterocycles. The molecule has 0 atom stereocenters. The molecule has 1 aromatic heterocycles. The summed E-state index contributed by atoms with van der Waals surface area (Å²) in [5.41, 5.74) is 1.07. The minimum atomic E-state index is -0.0518. The first-order valence-electron chi connectivity index (χ1n) is 9.89. The Morgan fingerprint density at radius 2 is 1.77 bits per heavy atom. The van der Waals surface area contributed by atoms with Gasteiger partial charge in [-0.2, -0.15) is 0 Å². The van der Waals surface area contributed by atoms with Gasteiger partial charge in [-0.15, -0.1) is 0 Å². The summed E-state index contributed by atoms with van der Waals surface area (Å²) in [6, 6.07) is 4.23. The van der Waals surface area contributed by atoms with E-state index >= 15 is 0 Å². The molecular formula is C20H28N4O2. The molecule has 2 saturated carbocycles. The molecule has 0 spiro atoms. The van der Waals surface area contributed by atoms with Gasteiger partial charge in [-0.1, -0.05) is 0 Å². The molecule has 6 nitrogen and oxygen atoms in total. The lowest BCUT2D eigenvalue weighted by molar-refractivity contribution is -0.121. The van der Waals surface area contributed by atoms with Crippen LogP contribution in [0, 0.1) is 24.7 Å². The first kappa shape index (κ1) is 17.3. The van der Waals surface area contributed by atoms with E-state index in [9.17, 15) is 9.59 Å². The Balaban J connectivity index is 1.25. The van der Waals surface area contributed by atoms with Crippen molar-refractivity contribution in [3.05, 3.63) is 23.9 Å². The summed E-state index contributed by atoms with van der Waals surface area (Å²) >= 11 is 0. The van der Waals surface area contributed by atoms with Crippen molar-refractivity contribution in [3.8, 4) is 0 Å². The van der Waals surface area contributed by atoms with Crippen LogP contribution >= 0.6 is 0 Å². The number of urea groups is 1. The minimum absolute atomic E-state index is 0.0111. The monoisotopic (exact) mass is 356 g/mol. The fourth-order valence-electron chi connectivity index (χ4n) is 3.94. The molecular weight excluding hydrogens is 328 g/mol. The van der Waals surface area contributed by atoms with Crippen LogP contribution in [0.25, 0.3) is 0 Å². The first-order valence-corrected chi connectivity index (χ1v) is 9.89. The van der Waals surface area contributed by atoms with E-state index in [0.717, 1.165) is 5.56 Å². The third-order valence-electron chi connectivity index (χ3n) is 5.87. The molecule has 0 unspecified atom stereocenters. The number of pyridine rings is 1. The Hall–Kier alpha value is -2.11. The molecule has 1 saturated heterocycles. The Bertz CT molecular complexity index is 664. The lowest BCUT2D eigenvalue weighted by Crippen LogP contribution is -2.50. The van der Waals surface area contributed by atoms with Gasteiger partial charge in [0.2, 0.25) is 5.91 Å². The second-order valence-electron chi connectivity index (χ2n) is 8.12. The lowest BCUT2D eigenvalue weighted by Gasteiger charge is -2.32. The average molecular weight is 356 g/mol. The third kappa shape index (κ3) is 4.17. The number of piperidine rings is 1. The highest BCUT2D eigenvalue weighted by Gasteiger charge is 2.43. The zero-order valence-corrected chi connectivity index (χ0v) is 15.4. The Kier molecular flexibility index (Phi) is 4.83. The van der Waals surface area contributed by atoms with Gasteiger partial charge in [0.25, 0.3) is 0 Å². The minimum Gasteiger partial charge on any atom is -0.335 e. The van der Waals surface area contributed by atoms with Gasteiger partial charge in [0.1, 0.15) is 5.82 Å². The van der Waals surface area contributed by atoms with Crippen LogP contribution in [0.5, 0.6) is 0 Å². The number of anilines is 1. The van der Waals surface area contributed by atoms with E-state index in [4.69, 9.17) is 0 Å². The summed E-state index contributed by atoms with van der Waals surface area (Å²) in [5, 5.41) is 6.18. The normalized spacial score (nSPS) is 20.9. The summed E-state index contributed by atoms with van der Waals surface area (Å²) < 4.78 is 0. The van der Waals surface area contributed by atoms with Crippen LogP contribution in [0.15, 0.2) is 18.3 Å².